The SMILES string of the molecule is c1ccc(-c2cccc(-c3ccc4nc5c6c(cccc6c4c3)N(c3nc(-c4ccccc4)nc(-c4ccccc4)n3)c3ccncc3-5)c2)cc1. The zero-order valence-corrected chi connectivity index (χ0v) is 27.3. The van der Waals surface area contributed by atoms with Crippen LogP contribution >= 0.6 is 0 Å². The van der Waals surface area contributed by atoms with Crippen LogP contribution in [-0.4, -0.2) is 24.9 Å². The molecule has 0 unspecified atom stereocenters. The van der Waals surface area contributed by atoms with Gasteiger partial charge in [-0.2, -0.15) is 9.97 Å². The first-order valence-electron chi connectivity index (χ1n) is 16.9. The summed E-state index contributed by atoms with van der Waals surface area (Å²) in [7, 11) is 0. The monoisotopic (exact) mass is 652 g/mol. The standard InChI is InChI=1S/C45H28N6/c1-4-12-29(13-5-1)32-18-10-19-33(26-32)34-22-23-38-36(27-34)35-20-11-21-40-41(35)42(47-38)37-28-46-25-24-39(37)51(40)45-49-43(30-14-6-2-7-15-30)48-44(50-45)31-16-8-3-9-17-31/h1-28H. The van der Waals surface area contributed by atoms with E-state index < -0.39 is 0 Å². The minimum Gasteiger partial charge on any atom is -0.278 e. The van der Waals surface area contributed by atoms with Crippen molar-refractivity contribution in [3.63, 3.8) is 0 Å². The maximum absolute atomic E-state index is 5.31. The predicted octanol–water partition coefficient (Wildman–Crippen LogP) is 11.1. The lowest BCUT2D eigenvalue weighted by Crippen LogP contribution is -2.19. The Hall–Kier alpha value is -7.05. The Kier molecular flexibility index (Phi) is 6.70. The van der Waals surface area contributed by atoms with Crippen LogP contribution in [0.2, 0.25) is 0 Å². The van der Waals surface area contributed by atoms with Crippen LogP contribution in [0.15, 0.2) is 170 Å². The summed E-state index contributed by atoms with van der Waals surface area (Å²) in [4.78, 5) is 27.2. The third-order valence-corrected chi connectivity index (χ3v) is 9.52. The van der Waals surface area contributed by atoms with Crippen molar-refractivity contribution < 1.29 is 0 Å². The first kappa shape index (κ1) is 28.9. The third kappa shape index (κ3) is 4.92. The molecule has 0 atom stereocenters. The van der Waals surface area contributed by atoms with Crippen molar-refractivity contribution in [3.05, 3.63) is 170 Å². The van der Waals surface area contributed by atoms with Crippen LogP contribution in [0.1, 0.15) is 0 Å². The first-order chi connectivity index (χ1) is 25.3. The first-order valence-corrected chi connectivity index (χ1v) is 16.9. The smallest absolute Gasteiger partial charge is 0.238 e. The van der Waals surface area contributed by atoms with Gasteiger partial charge in [0.2, 0.25) is 5.95 Å². The van der Waals surface area contributed by atoms with Gasteiger partial charge < -0.3 is 0 Å². The van der Waals surface area contributed by atoms with E-state index in [2.05, 4.69) is 94.8 Å². The fourth-order valence-corrected chi connectivity index (χ4v) is 7.12. The van der Waals surface area contributed by atoms with Crippen LogP contribution in [0.5, 0.6) is 0 Å². The summed E-state index contributed by atoms with van der Waals surface area (Å²) in [5, 5.41) is 3.22. The van der Waals surface area contributed by atoms with Crippen LogP contribution in [-0.2, 0) is 0 Å². The van der Waals surface area contributed by atoms with E-state index >= 15 is 0 Å². The van der Waals surface area contributed by atoms with Gasteiger partial charge in [-0.1, -0.05) is 127 Å². The molecule has 3 aromatic heterocycles. The van der Waals surface area contributed by atoms with Gasteiger partial charge in [0.05, 0.1) is 22.6 Å². The Morgan fingerprint density at radius 2 is 1.02 bits per heavy atom. The van der Waals surface area contributed by atoms with Crippen molar-refractivity contribution in [3.8, 4) is 56.3 Å². The van der Waals surface area contributed by atoms with Gasteiger partial charge in [0, 0.05) is 39.9 Å². The van der Waals surface area contributed by atoms with E-state index in [0.717, 1.165) is 66.6 Å². The number of nitrogens with zero attached hydrogens (tertiary/aromatic N) is 6. The second-order valence-corrected chi connectivity index (χ2v) is 12.6. The zero-order chi connectivity index (χ0) is 33.7. The molecule has 0 amide bonds. The second-order valence-electron chi connectivity index (χ2n) is 12.6. The molecule has 238 valence electrons. The van der Waals surface area contributed by atoms with E-state index in [1.165, 1.54) is 11.1 Å². The van der Waals surface area contributed by atoms with Crippen LogP contribution in [0.25, 0.3) is 78.0 Å². The van der Waals surface area contributed by atoms with E-state index in [1.54, 1.807) is 0 Å². The molecular weight excluding hydrogens is 625 g/mol. The van der Waals surface area contributed by atoms with Crippen LogP contribution < -0.4 is 4.90 Å². The summed E-state index contributed by atoms with van der Waals surface area (Å²) in [5.74, 6) is 1.74. The minimum atomic E-state index is 0.528. The fourth-order valence-electron chi connectivity index (χ4n) is 7.12. The summed E-state index contributed by atoms with van der Waals surface area (Å²) in [5.41, 5.74) is 11.1. The molecule has 0 N–H and O–H groups in total. The number of benzene rings is 6. The topological polar surface area (TPSA) is 67.7 Å². The summed E-state index contributed by atoms with van der Waals surface area (Å²) >= 11 is 0. The van der Waals surface area contributed by atoms with Crippen molar-refractivity contribution in [1.82, 2.24) is 24.9 Å². The molecule has 0 bridgehead atoms. The lowest BCUT2D eigenvalue weighted by atomic mass is 9.92. The minimum absolute atomic E-state index is 0.528. The van der Waals surface area contributed by atoms with Gasteiger partial charge in [-0.3, -0.25) is 9.88 Å². The molecule has 0 aliphatic carbocycles. The van der Waals surface area contributed by atoms with Crippen molar-refractivity contribution in [1.29, 1.82) is 0 Å². The molecule has 6 nitrogen and oxygen atoms in total. The fraction of sp³-hybridized carbons (Fsp3) is 0. The number of pyridine rings is 2. The summed E-state index contributed by atoms with van der Waals surface area (Å²) in [6, 6.07) is 54.4. The molecule has 0 fully saturated rings. The lowest BCUT2D eigenvalue weighted by molar-refractivity contribution is 1.02. The molecule has 6 heteroatoms. The summed E-state index contributed by atoms with van der Waals surface area (Å²) in [6.45, 7) is 0. The van der Waals surface area contributed by atoms with Gasteiger partial charge in [0.25, 0.3) is 0 Å². The van der Waals surface area contributed by atoms with Crippen molar-refractivity contribution in [2.75, 3.05) is 4.90 Å². The molecule has 0 spiro atoms. The maximum atomic E-state index is 5.31. The molecule has 6 aromatic carbocycles. The van der Waals surface area contributed by atoms with Crippen molar-refractivity contribution in [2.45, 2.75) is 0 Å². The van der Waals surface area contributed by atoms with Gasteiger partial charge >= 0.3 is 0 Å². The number of fused-ring (bicyclic) bond motifs is 4. The Morgan fingerprint density at radius 1 is 0.412 bits per heavy atom. The van der Waals surface area contributed by atoms with Gasteiger partial charge in [-0.15, -0.1) is 0 Å². The quantitative estimate of drug-likeness (QED) is 0.172. The van der Waals surface area contributed by atoms with E-state index in [1.807, 2.05) is 85.2 Å². The number of aromatic nitrogens is 5. The number of rotatable bonds is 5. The lowest BCUT2D eigenvalue weighted by Gasteiger charge is -2.31. The normalized spacial score (nSPS) is 11.9. The van der Waals surface area contributed by atoms with E-state index in [4.69, 9.17) is 19.9 Å². The Morgan fingerprint density at radius 3 is 1.73 bits per heavy atom. The van der Waals surface area contributed by atoms with E-state index in [0.29, 0.717) is 17.6 Å². The van der Waals surface area contributed by atoms with E-state index in [9.17, 15) is 0 Å². The molecule has 9 aromatic rings. The summed E-state index contributed by atoms with van der Waals surface area (Å²) in [6.07, 6.45) is 3.71. The Labute approximate surface area is 294 Å². The highest BCUT2D eigenvalue weighted by molar-refractivity contribution is 6.20. The molecule has 10 rings (SSSR count). The zero-order valence-electron chi connectivity index (χ0n) is 27.3. The Bertz CT molecular complexity index is 2690. The highest BCUT2D eigenvalue weighted by Crippen LogP contribution is 2.50. The number of hydrogen-bond donors (Lipinski definition) is 0. The number of anilines is 3. The summed E-state index contributed by atoms with van der Waals surface area (Å²) < 4.78 is 0. The van der Waals surface area contributed by atoms with Gasteiger partial charge in [0.15, 0.2) is 11.6 Å². The molecule has 4 heterocycles. The molecular formula is C45H28N6. The van der Waals surface area contributed by atoms with Gasteiger partial charge in [-0.05, 0) is 58.0 Å². The van der Waals surface area contributed by atoms with E-state index in [-0.39, 0.29) is 0 Å². The molecule has 0 radical (unpaired) electrons. The number of hydrogen-bond acceptors (Lipinski definition) is 6. The maximum Gasteiger partial charge on any atom is 0.238 e. The van der Waals surface area contributed by atoms with Crippen LogP contribution in [0.3, 0.4) is 0 Å². The van der Waals surface area contributed by atoms with Gasteiger partial charge in [-0.25, -0.2) is 9.97 Å². The largest absolute Gasteiger partial charge is 0.278 e. The average Bonchev–Trinajstić information content (AvgIpc) is 3.22. The highest BCUT2D eigenvalue weighted by atomic mass is 15.3. The molecule has 0 saturated carbocycles. The molecule has 1 aliphatic rings. The predicted molar refractivity (Wildman–Crippen MR) is 206 cm³/mol. The Balaban J connectivity index is 1.20. The van der Waals surface area contributed by atoms with Crippen LogP contribution in [0.4, 0.5) is 17.3 Å². The molecule has 0 saturated heterocycles. The van der Waals surface area contributed by atoms with Crippen molar-refractivity contribution in [2.24, 2.45) is 0 Å². The van der Waals surface area contributed by atoms with Gasteiger partial charge in [0.1, 0.15) is 0 Å². The third-order valence-electron chi connectivity index (χ3n) is 9.52. The van der Waals surface area contributed by atoms with Crippen LogP contribution in [0, 0.1) is 0 Å². The second kappa shape index (κ2) is 11.8. The van der Waals surface area contributed by atoms with Crippen molar-refractivity contribution >= 4 is 39.0 Å². The molecule has 1 aliphatic heterocycles. The average molecular weight is 653 g/mol. The highest BCUT2D eigenvalue weighted by Gasteiger charge is 2.30. The molecule has 51 heavy (non-hydrogen) atoms.